The molecule has 1 unspecified atom stereocenters. The van der Waals surface area contributed by atoms with Gasteiger partial charge in [0.25, 0.3) is 0 Å². The monoisotopic (exact) mass is 333 g/mol. The number of piperidine rings is 1. The molecular formula is C18H17Cl2NO. The summed E-state index contributed by atoms with van der Waals surface area (Å²) in [4.78, 5) is 0. The van der Waals surface area contributed by atoms with Gasteiger partial charge in [-0.1, -0.05) is 47.5 Å². The van der Waals surface area contributed by atoms with Gasteiger partial charge in [0.15, 0.2) is 0 Å². The molecule has 1 heterocycles. The lowest BCUT2D eigenvalue weighted by Crippen LogP contribution is -2.34. The second-order valence-electron chi connectivity index (χ2n) is 6.14. The van der Waals surface area contributed by atoms with Gasteiger partial charge in [0.05, 0.1) is 6.10 Å². The Balaban J connectivity index is 1.88. The molecule has 2 aromatic carbocycles. The van der Waals surface area contributed by atoms with Crippen LogP contribution in [-0.2, 0) is 0 Å². The second kappa shape index (κ2) is 5.54. The van der Waals surface area contributed by atoms with E-state index in [1.54, 1.807) is 6.07 Å². The van der Waals surface area contributed by atoms with Gasteiger partial charge in [-0.3, -0.25) is 0 Å². The minimum Gasteiger partial charge on any atom is -0.388 e. The van der Waals surface area contributed by atoms with E-state index in [9.17, 15) is 5.11 Å². The normalized spacial score (nSPS) is 26.6. The first-order valence-corrected chi connectivity index (χ1v) is 8.39. The fourth-order valence-corrected chi connectivity index (χ4v) is 4.50. The number of hydrogen-bond acceptors (Lipinski definition) is 2. The molecule has 0 spiro atoms. The Labute approximate surface area is 140 Å². The molecule has 1 aliphatic carbocycles. The first-order valence-electron chi connectivity index (χ1n) is 7.64. The lowest BCUT2D eigenvalue weighted by Gasteiger charge is -2.28. The van der Waals surface area contributed by atoms with Crippen LogP contribution in [0.5, 0.6) is 0 Å². The van der Waals surface area contributed by atoms with Gasteiger partial charge >= 0.3 is 0 Å². The molecule has 22 heavy (non-hydrogen) atoms. The highest BCUT2D eigenvalue weighted by Gasteiger charge is 2.42. The molecule has 2 aromatic rings. The standard InChI is InChI=1S/C18H17Cl2NO/c19-10-4-5-11(16(20)8-10)12-2-1-3-13-15-9-21-7-6-14(15)18(22)17(12)13/h1-5,8,14-15,18,21-22H,6-7,9H2/t14-,15-,18?/m1/s1. The molecule has 4 rings (SSSR count). The second-order valence-corrected chi connectivity index (χ2v) is 6.98. The Morgan fingerprint density at radius 1 is 1.09 bits per heavy atom. The van der Waals surface area contributed by atoms with Crippen LogP contribution in [-0.4, -0.2) is 18.2 Å². The highest BCUT2D eigenvalue weighted by Crippen LogP contribution is 2.51. The number of rotatable bonds is 1. The van der Waals surface area contributed by atoms with Crippen LogP contribution in [0, 0.1) is 5.92 Å². The molecule has 4 heteroatoms. The van der Waals surface area contributed by atoms with Crippen molar-refractivity contribution in [1.29, 1.82) is 0 Å². The third kappa shape index (κ3) is 2.17. The van der Waals surface area contributed by atoms with Crippen molar-refractivity contribution in [2.75, 3.05) is 13.1 Å². The summed E-state index contributed by atoms with van der Waals surface area (Å²) in [6.07, 6.45) is 0.596. The third-order valence-electron chi connectivity index (χ3n) is 5.00. The van der Waals surface area contributed by atoms with E-state index in [0.717, 1.165) is 36.2 Å². The minimum absolute atomic E-state index is 0.309. The lowest BCUT2D eigenvalue weighted by atomic mass is 9.86. The smallest absolute Gasteiger partial charge is 0.0833 e. The summed E-state index contributed by atoms with van der Waals surface area (Å²) >= 11 is 12.4. The Morgan fingerprint density at radius 3 is 2.77 bits per heavy atom. The maximum atomic E-state index is 10.9. The van der Waals surface area contributed by atoms with E-state index < -0.39 is 6.10 Å². The van der Waals surface area contributed by atoms with Crippen molar-refractivity contribution in [1.82, 2.24) is 5.32 Å². The molecule has 0 aromatic heterocycles. The van der Waals surface area contributed by atoms with E-state index in [1.165, 1.54) is 5.56 Å². The van der Waals surface area contributed by atoms with Crippen LogP contribution < -0.4 is 5.32 Å². The van der Waals surface area contributed by atoms with E-state index in [4.69, 9.17) is 23.2 Å². The lowest BCUT2D eigenvalue weighted by molar-refractivity contribution is 0.0956. The number of nitrogens with one attached hydrogen (secondary N) is 1. The van der Waals surface area contributed by atoms with Crippen molar-refractivity contribution in [3.8, 4) is 11.1 Å². The van der Waals surface area contributed by atoms with E-state index >= 15 is 0 Å². The maximum Gasteiger partial charge on any atom is 0.0833 e. The van der Waals surface area contributed by atoms with Crippen molar-refractivity contribution in [3.05, 3.63) is 57.6 Å². The Bertz CT molecular complexity index is 731. The summed E-state index contributed by atoms with van der Waals surface area (Å²) in [7, 11) is 0. The van der Waals surface area contributed by atoms with E-state index in [0.29, 0.717) is 21.9 Å². The van der Waals surface area contributed by atoms with Crippen molar-refractivity contribution in [2.45, 2.75) is 18.4 Å². The van der Waals surface area contributed by atoms with Crippen LogP contribution in [0.4, 0.5) is 0 Å². The molecular weight excluding hydrogens is 317 g/mol. The Kier molecular flexibility index (Phi) is 3.66. The third-order valence-corrected chi connectivity index (χ3v) is 5.55. The van der Waals surface area contributed by atoms with Crippen LogP contribution in [0.1, 0.15) is 29.6 Å². The molecule has 1 fully saturated rings. The van der Waals surface area contributed by atoms with Crippen LogP contribution >= 0.6 is 23.2 Å². The summed E-state index contributed by atoms with van der Waals surface area (Å²) in [6.45, 7) is 1.91. The molecule has 0 bridgehead atoms. The van der Waals surface area contributed by atoms with Gasteiger partial charge in [0.1, 0.15) is 0 Å². The van der Waals surface area contributed by atoms with Crippen molar-refractivity contribution in [3.63, 3.8) is 0 Å². The topological polar surface area (TPSA) is 32.3 Å². The summed E-state index contributed by atoms with van der Waals surface area (Å²) < 4.78 is 0. The summed E-state index contributed by atoms with van der Waals surface area (Å²) in [5, 5.41) is 15.6. The molecule has 3 atom stereocenters. The largest absolute Gasteiger partial charge is 0.388 e. The van der Waals surface area contributed by atoms with Crippen molar-refractivity contribution >= 4 is 23.2 Å². The van der Waals surface area contributed by atoms with Gasteiger partial charge < -0.3 is 10.4 Å². The zero-order valence-electron chi connectivity index (χ0n) is 12.0. The number of benzene rings is 2. The predicted molar refractivity (Wildman–Crippen MR) is 90.6 cm³/mol. The van der Waals surface area contributed by atoms with Gasteiger partial charge in [0.2, 0.25) is 0 Å². The zero-order chi connectivity index (χ0) is 15.3. The average Bonchev–Trinajstić information content (AvgIpc) is 2.82. The van der Waals surface area contributed by atoms with Gasteiger partial charge in [0, 0.05) is 28.1 Å². The van der Waals surface area contributed by atoms with Crippen LogP contribution in [0.2, 0.25) is 10.0 Å². The molecule has 1 aliphatic heterocycles. The summed E-state index contributed by atoms with van der Waals surface area (Å²) in [5.41, 5.74) is 4.27. The number of hydrogen-bond donors (Lipinski definition) is 2. The maximum absolute atomic E-state index is 10.9. The molecule has 1 saturated heterocycles. The quantitative estimate of drug-likeness (QED) is 0.810. The highest BCUT2D eigenvalue weighted by atomic mass is 35.5. The van der Waals surface area contributed by atoms with Crippen LogP contribution in [0.15, 0.2) is 36.4 Å². The van der Waals surface area contributed by atoms with Crippen LogP contribution in [0.3, 0.4) is 0 Å². The molecule has 0 radical (unpaired) electrons. The first-order chi connectivity index (χ1) is 10.7. The minimum atomic E-state index is -0.412. The predicted octanol–water partition coefficient (Wildman–Crippen LogP) is 4.40. The first kappa shape index (κ1) is 14.5. The van der Waals surface area contributed by atoms with Crippen LogP contribution in [0.25, 0.3) is 11.1 Å². The Morgan fingerprint density at radius 2 is 1.95 bits per heavy atom. The van der Waals surface area contributed by atoms with E-state index in [2.05, 4.69) is 17.4 Å². The summed E-state index contributed by atoms with van der Waals surface area (Å²) in [6, 6.07) is 11.8. The summed E-state index contributed by atoms with van der Waals surface area (Å²) in [5.74, 6) is 0.702. The SMILES string of the molecule is OC1c2c(-c3ccc(Cl)cc3Cl)cccc2[C@H]2CNCC[C@@H]12. The van der Waals surface area contributed by atoms with Gasteiger partial charge in [-0.05, 0) is 47.7 Å². The van der Waals surface area contributed by atoms with Crippen molar-refractivity contribution in [2.24, 2.45) is 5.92 Å². The molecule has 114 valence electrons. The molecule has 0 amide bonds. The van der Waals surface area contributed by atoms with Crippen molar-refractivity contribution < 1.29 is 5.11 Å². The van der Waals surface area contributed by atoms with E-state index in [1.807, 2.05) is 18.2 Å². The molecule has 0 saturated carbocycles. The van der Waals surface area contributed by atoms with Gasteiger partial charge in [-0.15, -0.1) is 0 Å². The number of aliphatic hydroxyl groups is 1. The Hall–Kier alpha value is -1.06. The fraction of sp³-hybridized carbons (Fsp3) is 0.333. The molecule has 2 nitrogen and oxygen atoms in total. The average molecular weight is 334 g/mol. The highest BCUT2D eigenvalue weighted by molar-refractivity contribution is 6.36. The number of aliphatic hydroxyl groups excluding tert-OH is 1. The molecule has 2 N–H and O–H groups in total. The fourth-order valence-electron chi connectivity index (χ4n) is 3.99. The number of halogens is 2. The van der Waals surface area contributed by atoms with Gasteiger partial charge in [-0.2, -0.15) is 0 Å². The molecule has 2 aliphatic rings. The number of fused-ring (bicyclic) bond motifs is 3. The van der Waals surface area contributed by atoms with Gasteiger partial charge in [-0.25, -0.2) is 0 Å². The van der Waals surface area contributed by atoms with E-state index in [-0.39, 0.29) is 0 Å². The zero-order valence-corrected chi connectivity index (χ0v) is 13.5.